The number of aryl methyl sites for hydroxylation is 1. The Labute approximate surface area is 165 Å². The van der Waals surface area contributed by atoms with Crippen molar-refractivity contribution in [3.8, 4) is 5.75 Å². The van der Waals surface area contributed by atoms with Crippen LogP contribution in [0.5, 0.6) is 5.75 Å². The van der Waals surface area contributed by atoms with E-state index in [0.717, 1.165) is 5.56 Å². The zero-order valence-electron chi connectivity index (χ0n) is 16.0. The normalized spacial score (nSPS) is 11.5. The van der Waals surface area contributed by atoms with Crippen molar-refractivity contribution in [2.45, 2.75) is 26.4 Å². The molecule has 0 aliphatic carbocycles. The fourth-order valence-corrected chi connectivity index (χ4v) is 2.91. The van der Waals surface area contributed by atoms with Gasteiger partial charge in [0.1, 0.15) is 5.75 Å². The predicted octanol–water partition coefficient (Wildman–Crippen LogP) is 5.02. The maximum absolute atomic E-state index is 12.8. The minimum Gasteiger partial charge on any atom is -0.480 e. The number of amides is 1. The number of benzene rings is 3. The molecule has 0 saturated heterocycles. The van der Waals surface area contributed by atoms with Crippen LogP contribution in [-0.2, 0) is 4.79 Å². The van der Waals surface area contributed by atoms with Gasteiger partial charge in [-0.05, 0) is 37.1 Å². The average molecular weight is 373 g/mol. The number of hydrogen-bond donors (Lipinski definition) is 1. The third-order valence-corrected chi connectivity index (χ3v) is 4.49. The Hall–Kier alpha value is -3.40. The molecule has 0 aliphatic rings. The summed E-state index contributed by atoms with van der Waals surface area (Å²) in [7, 11) is 0. The zero-order valence-corrected chi connectivity index (χ0v) is 16.0. The molecule has 3 aromatic rings. The van der Waals surface area contributed by atoms with Gasteiger partial charge in [0.25, 0.3) is 5.91 Å². The molecule has 0 aliphatic heterocycles. The van der Waals surface area contributed by atoms with E-state index >= 15 is 0 Å². The molecule has 142 valence electrons. The minimum absolute atomic E-state index is 0.135. The summed E-state index contributed by atoms with van der Waals surface area (Å²) >= 11 is 0. The monoisotopic (exact) mass is 373 g/mol. The van der Waals surface area contributed by atoms with E-state index in [1.54, 1.807) is 36.4 Å². The van der Waals surface area contributed by atoms with Gasteiger partial charge >= 0.3 is 0 Å². The highest BCUT2D eigenvalue weighted by Crippen LogP contribution is 2.22. The van der Waals surface area contributed by atoms with E-state index in [-0.39, 0.29) is 11.7 Å². The Morgan fingerprint density at radius 2 is 1.54 bits per heavy atom. The molecular weight excluding hydrogens is 350 g/mol. The quantitative estimate of drug-likeness (QED) is 0.592. The molecule has 1 unspecified atom stereocenters. The summed E-state index contributed by atoms with van der Waals surface area (Å²) in [6.45, 7) is 3.83. The van der Waals surface area contributed by atoms with Crippen LogP contribution in [0.3, 0.4) is 0 Å². The molecule has 0 heterocycles. The van der Waals surface area contributed by atoms with Gasteiger partial charge in [0.2, 0.25) is 0 Å². The van der Waals surface area contributed by atoms with Crippen LogP contribution >= 0.6 is 0 Å². The van der Waals surface area contributed by atoms with Crippen molar-refractivity contribution >= 4 is 17.4 Å². The van der Waals surface area contributed by atoms with Crippen molar-refractivity contribution in [2.75, 3.05) is 5.32 Å². The van der Waals surface area contributed by atoms with Crippen LogP contribution in [0.1, 0.15) is 34.8 Å². The van der Waals surface area contributed by atoms with Crippen LogP contribution in [-0.4, -0.2) is 17.8 Å². The van der Waals surface area contributed by atoms with Crippen molar-refractivity contribution < 1.29 is 14.3 Å². The van der Waals surface area contributed by atoms with Gasteiger partial charge in [-0.1, -0.05) is 67.6 Å². The summed E-state index contributed by atoms with van der Waals surface area (Å²) in [5.74, 6) is 0.265. The lowest BCUT2D eigenvalue weighted by atomic mass is 10.0. The van der Waals surface area contributed by atoms with E-state index < -0.39 is 6.10 Å². The number of nitrogens with one attached hydrogen (secondary N) is 1. The van der Waals surface area contributed by atoms with Crippen molar-refractivity contribution in [1.82, 2.24) is 0 Å². The number of para-hydroxylation sites is 2. The Morgan fingerprint density at radius 1 is 0.893 bits per heavy atom. The second-order valence-electron chi connectivity index (χ2n) is 6.51. The van der Waals surface area contributed by atoms with E-state index in [1.807, 2.05) is 56.3 Å². The molecule has 1 amide bonds. The first-order valence-electron chi connectivity index (χ1n) is 9.32. The first-order valence-corrected chi connectivity index (χ1v) is 9.32. The molecule has 4 nitrogen and oxygen atoms in total. The van der Waals surface area contributed by atoms with Gasteiger partial charge in [-0.2, -0.15) is 0 Å². The van der Waals surface area contributed by atoms with Crippen LogP contribution in [0, 0.1) is 6.92 Å². The van der Waals surface area contributed by atoms with Crippen LogP contribution in [0.25, 0.3) is 0 Å². The van der Waals surface area contributed by atoms with Crippen LogP contribution in [0.15, 0.2) is 78.9 Å². The number of rotatable bonds is 7. The number of ketones is 1. The molecule has 0 spiro atoms. The summed E-state index contributed by atoms with van der Waals surface area (Å²) in [5, 5.41) is 2.87. The van der Waals surface area contributed by atoms with Crippen LogP contribution in [0.2, 0.25) is 0 Å². The summed E-state index contributed by atoms with van der Waals surface area (Å²) in [5.41, 5.74) is 2.47. The van der Waals surface area contributed by atoms with Gasteiger partial charge < -0.3 is 10.1 Å². The van der Waals surface area contributed by atoms with Gasteiger partial charge in [0.15, 0.2) is 11.9 Å². The fourth-order valence-electron chi connectivity index (χ4n) is 2.91. The molecule has 0 radical (unpaired) electrons. The Morgan fingerprint density at radius 3 is 2.25 bits per heavy atom. The summed E-state index contributed by atoms with van der Waals surface area (Å²) in [4.78, 5) is 25.7. The maximum Gasteiger partial charge on any atom is 0.265 e. The molecule has 1 N–H and O–H groups in total. The van der Waals surface area contributed by atoms with Gasteiger partial charge in [-0.15, -0.1) is 0 Å². The summed E-state index contributed by atoms with van der Waals surface area (Å²) in [6, 6.07) is 23.6. The Bertz CT molecular complexity index is 966. The zero-order chi connectivity index (χ0) is 19.9. The molecule has 0 fully saturated rings. The highest BCUT2D eigenvalue weighted by molar-refractivity contribution is 6.14. The van der Waals surface area contributed by atoms with E-state index in [1.165, 1.54) is 0 Å². The third-order valence-electron chi connectivity index (χ3n) is 4.49. The van der Waals surface area contributed by atoms with Crippen molar-refractivity contribution in [1.29, 1.82) is 0 Å². The largest absolute Gasteiger partial charge is 0.480 e. The lowest BCUT2D eigenvalue weighted by molar-refractivity contribution is -0.122. The smallest absolute Gasteiger partial charge is 0.265 e. The Kier molecular flexibility index (Phi) is 6.22. The number of anilines is 1. The molecule has 4 heteroatoms. The molecule has 0 aromatic heterocycles. The maximum atomic E-state index is 12.8. The number of hydrogen-bond acceptors (Lipinski definition) is 3. The first kappa shape index (κ1) is 19.4. The van der Waals surface area contributed by atoms with Gasteiger partial charge in [-0.25, -0.2) is 0 Å². The number of carbonyl (C=O) groups excluding carboxylic acids is 2. The average Bonchev–Trinajstić information content (AvgIpc) is 2.73. The second-order valence-corrected chi connectivity index (χ2v) is 6.51. The highest BCUT2D eigenvalue weighted by atomic mass is 16.5. The van der Waals surface area contributed by atoms with E-state index in [2.05, 4.69) is 5.32 Å². The minimum atomic E-state index is -0.652. The molecule has 1 atom stereocenters. The number of carbonyl (C=O) groups is 2. The lowest BCUT2D eigenvalue weighted by Crippen LogP contribution is -2.33. The highest BCUT2D eigenvalue weighted by Gasteiger charge is 2.21. The van der Waals surface area contributed by atoms with Gasteiger partial charge in [0, 0.05) is 11.1 Å². The Balaban J connectivity index is 1.80. The SMILES string of the molecule is CCC(Oc1ccccc1C)C(=O)Nc1ccccc1C(=O)c1ccccc1. The first-order chi connectivity index (χ1) is 13.6. The van der Waals surface area contributed by atoms with E-state index in [9.17, 15) is 9.59 Å². The van der Waals surface area contributed by atoms with Crippen LogP contribution < -0.4 is 10.1 Å². The number of ether oxygens (including phenoxy) is 1. The van der Waals surface area contributed by atoms with E-state index in [4.69, 9.17) is 4.74 Å². The molecular formula is C24H23NO3. The fraction of sp³-hybridized carbons (Fsp3) is 0.167. The molecule has 0 saturated carbocycles. The van der Waals surface area contributed by atoms with Crippen molar-refractivity contribution in [3.63, 3.8) is 0 Å². The molecule has 28 heavy (non-hydrogen) atoms. The lowest BCUT2D eigenvalue weighted by Gasteiger charge is -2.19. The van der Waals surface area contributed by atoms with E-state index in [0.29, 0.717) is 29.0 Å². The van der Waals surface area contributed by atoms with Crippen molar-refractivity contribution in [2.24, 2.45) is 0 Å². The third kappa shape index (κ3) is 4.46. The predicted molar refractivity (Wildman–Crippen MR) is 111 cm³/mol. The van der Waals surface area contributed by atoms with Gasteiger partial charge in [0.05, 0.1) is 5.69 Å². The van der Waals surface area contributed by atoms with Gasteiger partial charge in [-0.3, -0.25) is 9.59 Å². The van der Waals surface area contributed by atoms with Crippen LogP contribution in [0.4, 0.5) is 5.69 Å². The topological polar surface area (TPSA) is 55.4 Å². The standard InChI is InChI=1S/C24H23NO3/c1-3-21(28-22-16-10-7-11-17(22)2)24(27)25-20-15-9-8-14-19(20)23(26)18-12-5-4-6-13-18/h4-16,21H,3H2,1-2H3,(H,25,27). The molecule has 3 rings (SSSR count). The molecule has 3 aromatic carbocycles. The summed E-state index contributed by atoms with van der Waals surface area (Å²) < 4.78 is 5.92. The summed E-state index contributed by atoms with van der Waals surface area (Å²) in [6.07, 6.45) is -0.143. The van der Waals surface area contributed by atoms with Crippen molar-refractivity contribution in [3.05, 3.63) is 95.6 Å². The second kappa shape index (κ2) is 9.00. The molecule has 0 bridgehead atoms.